The second-order valence-electron chi connectivity index (χ2n) is 7.01. The van der Waals surface area contributed by atoms with Gasteiger partial charge in [-0.1, -0.05) is 43.3 Å². The molecule has 1 saturated heterocycles. The fourth-order valence-electron chi connectivity index (χ4n) is 3.92. The van der Waals surface area contributed by atoms with E-state index in [-0.39, 0.29) is 0 Å². The van der Waals surface area contributed by atoms with Gasteiger partial charge in [-0.3, -0.25) is 0 Å². The van der Waals surface area contributed by atoms with Gasteiger partial charge in [-0.05, 0) is 12.5 Å². The summed E-state index contributed by atoms with van der Waals surface area (Å²) in [6, 6.07) is 11.6. The number of quaternary nitrogens is 2. The molecule has 21 heavy (non-hydrogen) atoms. The van der Waals surface area contributed by atoms with Crippen LogP contribution in [-0.2, 0) is 6.42 Å². The standard InChI is InChI=1S/C19H30N2/c1-5-12-19(14-17(3)21(4)15-16(19)2)20-13-11-18-9-7-6-8-10-18/h5-10,16-17,20H,1,11-15H2,2-4H3/p+2/t16-,17+,19-/m1/s1. The summed E-state index contributed by atoms with van der Waals surface area (Å²) in [6.45, 7) is 11.3. The summed E-state index contributed by atoms with van der Waals surface area (Å²) in [4.78, 5) is 1.68. The first-order chi connectivity index (χ1) is 10.1. The third-order valence-corrected chi connectivity index (χ3v) is 5.49. The number of piperidine rings is 1. The molecule has 0 spiro atoms. The number of rotatable bonds is 6. The zero-order valence-corrected chi connectivity index (χ0v) is 13.9. The van der Waals surface area contributed by atoms with Gasteiger partial charge in [-0.15, -0.1) is 6.58 Å². The average Bonchev–Trinajstić information content (AvgIpc) is 2.47. The minimum atomic E-state index is 0.357. The normalized spacial score (nSPS) is 32.8. The molecule has 1 aliphatic heterocycles. The van der Waals surface area contributed by atoms with Crippen LogP contribution in [0.5, 0.6) is 0 Å². The lowest BCUT2D eigenvalue weighted by Gasteiger charge is -2.44. The van der Waals surface area contributed by atoms with E-state index in [2.05, 4.69) is 69.2 Å². The second kappa shape index (κ2) is 7.24. The van der Waals surface area contributed by atoms with Crippen LogP contribution >= 0.6 is 0 Å². The Morgan fingerprint density at radius 3 is 2.71 bits per heavy atom. The van der Waals surface area contributed by atoms with Crippen molar-refractivity contribution in [2.75, 3.05) is 20.1 Å². The highest BCUT2D eigenvalue weighted by atomic mass is 15.2. The van der Waals surface area contributed by atoms with Crippen molar-refractivity contribution in [3.05, 3.63) is 48.6 Å². The van der Waals surface area contributed by atoms with E-state index in [1.807, 2.05) is 0 Å². The lowest BCUT2D eigenvalue weighted by atomic mass is 9.74. The van der Waals surface area contributed by atoms with Crippen molar-refractivity contribution < 1.29 is 10.2 Å². The highest BCUT2D eigenvalue weighted by Gasteiger charge is 2.47. The fraction of sp³-hybridized carbons (Fsp3) is 0.579. The van der Waals surface area contributed by atoms with Crippen molar-refractivity contribution >= 4 is 0 Å². The first-order valence-corrected chi connectivity index (χ1v) is 8.39. The molecule has 2 nitrogen and oxygen atoms in total. The Kier molecular flexibility index (Phi) is 5.60. The van der Waals surface area contributed by atoms with Gasteiger partial charge in [0, 0.05) is 12.8 Å². The zero-order chi connectivity index (χ0) is 15.3. The number of hydrogen-bond donors (Lipinski definition) is 2. The van der Waals surface area contributed by atoms with Gasteiger partial charge in [0.05, 0.1) is 38.5 Å². The summed E-state index contributed by atoms with van der Waals surface area (Å²) >= 11 is 0. The van der Waals surface area contributed by atoms with Gasteiger partial charge in [0.25, 0.3) is 0 Å². The molecule has 0 radical (unpaired) electrons. The van der Waals surface area contributed by atoms with E-state index in [1.54, 1.807) is 4.90 Å². The van der Waals surface area contributed by atoms with Crippen LogP contribution in [-0.4, -0.2) is 31.7 Å². The molecule has 0 saturated carbocycles. The lowest BCUT2D eigenvalue weighted by molar-refractivity contribution is -0.928. The smallest absolute Gasteiger partial charge is 0.113 e. The Morgan fingerprint density at radius 1 is 1.33 bits per heavy atom. The second-order valence-corrected chi connectivity index (χ2v) is 7.01. The van der Waals surface area contributed by atoms with Crippen molar-refractivity contribution in [2.24, 2.45) is 5.92 Å². The maximum Gasteiger partial charge on any atom is 0.113 e. The van der Waals surface area contributed by atoms with Crippen LogP contribution < -0.4 is 10.2 Å². The van der Waals surface area contributed by atoms with Crippen LogP contribution in [0.4, 0.5) is 0 Å². The monoisotopic (exact) mass is 288 g/mol. The number of hydrogen-bond acceptors (Lipinski definition) is 0. The molecule has 4 atom stereocenters. The van der Waals surface area contributed by atoms with Crippen LogP contribution in [0.25, 0.3) is 0 Å². The molecule has 0 aliphatic carbocycles. The predicted octanol–water partition coefficient (Wildman–Crippen LogP) is 1.05. The van der Waals surface area contributed by atoms with Crippen LogP contribution in [0.15, 0.2) is 43.0 Å². The molecule has 0 amide bonds. The first-order valence-electron chi connectivity index (χ1n) is 8.39. The quantitative estimate of drug-likeness (QED) is 0.730. The van der Waals surface area contributed by atoms with Crippen LogP contribution in [0, 0.1) is 5.92 Å². The van der Waals surface area contributed by atoms with Gasteiger partial charge in [0.1, 0.15) is 5.54 Å². The Bertz CT molecular complexity index is 442. The number of benzene rings is 1. The minimum absolute atomic E-state index is 0.357. The van der Waals surface area contributed by atoms with Gasteiger partial charge >= 0.3 is 0 Å². The molecule has 1 heterocycles. The molecule has 116 valence electrons. The van der Waals surface area contributed by atoms with E-state index >= 15 is 0 Å². The third kappa shape index (κ3) is 3.96. The lowest BCUT2D eigenvalue weighted by Crippen LogP contribution is -3.18. The van der Waals surface area contributed by atoms with Crippen LogP contribution in [0.2, 0.25) is 0 Å². The summed E-state index contributed by atoms with van der Waals surface area (Å²) < 4.78 is 0. The van der Waals surface area contributed by atoms with E-state index in [1.165, 1.54) is 25.1 Å². The molecule has 2 rings (SSSR count). The molecule has 1 aliphatic rings. The van der Waals surface area contributed by atoms with Gasteiger partial charge < -0.3 is 10.2 Å². The molecule has 2 heteroatoms. The number of nitrogens with one attached hydrogen (secondary N) is 1. The summed E-state index contributed by atoms with van der Waals surface area (Å²) in [5.41, 5.74) is 1.80. The molecular weight excluding hydrogens is 256 g/mol. The van der Waals surface area contributed by atoms with Crippen LogP contribution in [0.3, 0.4) is 0 Å². The summed E-state index contributed by atoms with van der Waals surface area (Å²) in [7, 11) is 2.34. The van der Waals surface area contributed by atoms with Gasteiger partial charge in [-0.2, -0.15) is 0 Å². The summed E-state index contributed by atoms with van der Waals surface area (Å²) in [6.07, 6.45) is 5.70. The van der Waals surface area contributed by atoms with E-state index in [0.717, 1.165) is 24.8 Å². The highest BCUT2D eigenvalue weighted by molar-refractivity contribution is 5.14. The maximum absolute atomic E-state index is 4.02. The first kappa shape index (κ1) is 16.3. The molecule has 0 bridgehead atoms. The minimum Gasteiger partial charge on any atom is -0.340 e. The molecule has 3 N–H and O–H groups in total. The molecule has 1 aromatic rings. The third-order valence-electron chi connectivity index (χ3n) is 5.49. The maximum atomic E-state index is 4.02. The SMILES string of the molecule is C=CC[C@@]1([NH2+]CCc2ccccc2)C[C@H](C)[NH+](C)C[C@H]1C. The molecule has 1 unspecified atom stereocenters. The van der Waals surface area contributed by atoms with Crippen LogP contribution in [0.1, 0.15) is 32.3 Å². The Labute approximate surface area is 130 Å². The Hall–Kier alpha value is -1.12. The van der Waals surface area contributed by atoms with E-state index in [0.29, 0.717) is 5.54 Å². The largest absolute Gasteiger partial charge is 0.340 e. The van der Waals surface area contributed by atoms with Gasteiger partial charge in [0.15, 0.2) is 0 Å². The van der Waals surface area contributed by atoms with Gasteiger partial charge in [0.2, 0.25) is 0 Å². The van der Waals surface area contributed by atoms with Gasteiger partial charge in [-0.25, -0.2) is 0 Å². The van der Waals surface area contributed by atoms with E-state index in [9.17, 15) is 0 Å². The average molecular weight is 288 g/mol. The summed E-state index contributed by atoms with van der Waals surface area (Å²) in [5.74, 6) is 0.738. The Morgan fingerprint density at radius 2 is 2.05 bits per heavy atom. The highest BCUT2D eigenvalue weighted by Crippen LogP contribution is 2.25. The van der Waals surface area contributed by atoms with E-state index < -0.39 is 0 Å². The molecule has 1 fully saturated rings. The van der Waals surface area contributed by atoms with Crippen molar-refractivity contribution in [1.29, 1.82) is 0 Å². The van der Waals surface area contributed by atoms with Crippen molar-refractivity contribution in [1.82, 2.24) is 0 Å². The zero-order valence-electron chi connectivity index (χ0n) is 13.9. The van der Waals surface area contributed by atoms with Crippen molar-refractivity contribution in [3.63, 3.8) is 0 Å². The van der Waals surface area contributed by atoms with Crippen molar-refractivity contribution in [3.8, 4) is 0 Å². The van der Waals surface area contributed by atoms with Crippen molar-refractivity contribution in [2.45, 2.75) is 44.7 Å². The number of nitrogens with two attached hydrogens (primary N) is 1. The topological polar surface area (TPSA) is 21.1 Å². The molecule has 1 aromatic carbocycles. The van der Waals surface area contributed by atoms with E-state index in [4.69, 9.17) is 0 Å². The predicted molar refractivity (Wildman–Crippen MR) is 89.5 cm³/mol. The molecule has 0 aromatic heterocycles. The number of likely N-dealkylation sites (tertiary alicyclic amines) is 1. The Balaban J connectivity index is 1.99. The molecular formula is C19H32N2+2. The summed E-state index contributed by atoms with van der Waals surface area (Å²) in [5, 5.41) is 2.62. The fourth-order valence-corrected chi connectivity index (χ4v) is 3.92.